The molecule has 1 aromatic heterocycles. The fourth-order valence-electron chi connectivity index (χ4n) is 2.19. The molecule has 5 heteroatoms. The lowest BCUT2D eigenvalue weighted by Gasteiger charge is -2.22. The van der Waals surface area contributed by atoms with Crippen molar-refractivity contribution in [2.75, 3.05) is 12.4 Å². The van der Waals surface area contributed by atoms with Crippen molar-refractivity contribution in [3.05, 3.63) is 18.3 Å². The summed E-state index contributed by atoms with van der Waals surface area (Å²) in [6.07, 6.45) is 7.41. The average molecular weight is 249 g/mol. The van der Waals surface area contributed by atoms with Crippen molar-refractivity contribution < 1.29 is 9.53 Å². The summed E-state index contributed by atoms with van der Waals surface area (Å²) in [6.45, 7) is 0. The number of carbonyl (C=O) groups is 1. The van der Waals surface area contributed by atoms with E-state index in [4.69, 9.17) is 4.74 Å². The van der Waals surface area contributed by atoms with Crippen molar-refractivity contribution in [1.82, 2.24) is 10.3 Å². The fraction of sp³-hybridized carbons (Fsp3) is 0.538. The van der Waals surface area contributed by atoms with Crippen molar-refractivity contribution in [2.45, 2.75) is 38.1 Å². The average Bonchev–Trinajstić information content (AvgIpc) is 2.40. The molecular weight excluding hydrogens is 230 g/mol. The van der Waals surface area contributed by atoms with Crippen LogP contribution in [-0.2, 0) is 0 Å². The maximum absolute atomic E-state index is 11.8. The molecule has 1 saturated carbocycles. The molecule has 1 aromatic rings. The summed E-state index contributed by atoms with van der Waals surface area (Å²) in [7, 11) is 1.58. The van der Waals surface area contributed by atoms with Crippen molar-refractivity contribution in [2.24, 2.45) is 0 Å². The first kappa shape index (κ1) is 12.7. The van der Waals surface area contributed by atoms with E-state index in [2.05, 4.69) is 15.6 Å². The summed E-state index contributed by atoms with van der Waals surface area (Å²) in [4.78, 5) is 15.8. The SMILES string of the molecule is COc1ccnc(NC(=O)NC2CCCCC2)c1. The van der Waals surface area contributed by atoms with Crippen LogP contribution in [0.25, 0.3) is 0 Å². The predicted molar refractivity (Wildman–Crippen MR) is 69.8 cm³/mol. The summed E-state index contributed by atoms with van der Waals surface area (Å²) >= 11 is 0. The van der Waals surface area contributed by atoms with Crippen LogP contribution in [0, 0.1) is 0 Å². The molecule has 1 fully saturated rings. The van der Waals surface area contributed by atoms with Crippen LogP contribution in [0.4, 0.5) is 10.6 Å². The Morgan fingerprint density at radius 1 is 1.39 bits per heavy atom. The minimum Gasteiger partial charge on any atom is -0.497 e. The highest BCUT2D eigenvalue weighted by molar-refractivity contribution is 5.88. The molecule has 0 aromatic carbocycles. The molecule has 0 radical (unpaired) electrons. The Hall–Kier alpha value is -1.78. The molecule has 0 unspecified atom stereocenters. The van der Waals surface area contributed by atoms with Gasteiger partial charge < -0.3 is 10.1 Å². The normalized spacial score (nSPS) is 16.1. The van der Waals surface area contributed by atoms with E-state index < -0.39 is 0 Å². The molecule has 1 heterocycles. The van der Waals surface area contributed by atoms with Gasteiger partial charge in [-0.3, -0.25) is 5.32 Å². The smallest absolute Gasteiger partial charge is 0.320 e. The van der Waals surface area contributed by atoms with Gasteiger partial charge in [-0.2, -0.15) is 0 Å². The van der Waals surface area contributed by atoms with Gasteiger partial charge in [0.25, 0.3) is 0 Å². The molecule has 1 aliphatic rings. The quantitative estimate of drug-likeness (QED) is 0.865. The number of pyridine rings is 1. The molecule has 18 heavy (non-hydrogen) atoms. The largest absolute Gasteiger partial charge is 0.497 e. The first-order valence-electron chi connectivity index (χ1n) is 6.35. The third-order valence-corrected chi connectivity index (χ3v) is 3.15. The molecule has 5 nitrogen and oxygen atoms in total. The highest BCUT2D eigenvalue weighted by atomic mass is 16.5. The van der Waals surface area contributed by atoms with Gasteiger partial charge in [0.2, 0.25) is 0 Å². The topological polar surface area (TPSA) is 63.2 Å². The lowest BCUT2D eigenvalue weighted by molar-refractivity contribution is 0.244. The molecule has 0 atom stereocenters. The van der Waals surface area contributed by atoms with E-state index in [0.717, 1.165) is 12.8 Å². The summed E-state index contributed by atoms with van der Waals surface area (Å²) in [5.74, 6) is 1.18. The number of nitrogens with one attached hydrogen (secondary N) is 2. The Kier molecular flexibility index (Phi) is 4.39. The van der Waals surface area contributed by atoms with E-state index in [0.29, 0.717) is 17.6 Å². The summed E-state index contributed by atoms with van der Waals surface area (Å²) in [5, 5.41) is 5.70. The highest BCUT2D eigenvalue weighted by Crippen LogP contribution is 2.18. The van der Waals surface area contributed by atoms with E-state index >= 15 is 0 Å². The Labute approximate surface area is 107 Å². The molecule has 2 amide bonds. The van der Waals surface area contributed by atoms with E-state index in [1.165, 1.54) is 19.3 Å². The third kappa shape index (κ3) is 3.61. The third-order valence-electron chi connectivity index (χ3n) is 3.15. The zero-order valence-corrected chi connectivity index (χ0v) is 10.6. The zero-order chi connectivity index (χ0) is 12.8. The van der Waals surface area contributed by atoms with E-state index in [-0.39, 0.29) is 6.03 Å². The molecule has 98 valence electrons. The molecule has 0 bridgehead atoms. The number of methoxy groups -OCH3 is 1. The van der Waals surface area contributed by atoms with Crippen molar-refractivity contribution in [1.29, 1.82) is 0 Å². The lowest BCUT2D eigenvalue weighted by atomic mass is 9.96. The van der Waals surface area contributed by atoms with Gasteiger partial charge in [-0.25, -0.2) is 9.78 Å². The van der Waals surface area contributed by atoms with Gasteiger partial charge >= 0.3 is 6.03 Å². The van der Waals surface area contributed by atoms with Crippen LogP contribution in [0.5, 0.6) is 5.75 Å². The number of carbonyl (C=O) groups excluding carboxylic acids is 1. The molecule has 1 aliphatic carbocycles. The maximum atomic E-state index is 11.8. The van der Waals surface area contributed by atoms with E-state index in [9.17, 15) is 4.79 Å². The number of urea groups is 1. The van der Waals surface area contributed by atoms with Crippen LogP contribution in [0.2, 0.25) is 0 Å². The molecule has 2 N–H and O–H groups in total. The van der Waals surface area contributed by atoms with Crippen LogP contribution in [0.3, 0.4) is 0 Å². The summed E-state index contributed by atoms with van der Waals surface area (Å²) in [6, 6.07) is 3.54. The highest BCUT2D eigenvalue weighted by Gasteiger charge is 2.15. The number of hydrogen-bond donors (Lipinski definition) is 2. The van der Waals surface area contributed by atoms with Gasteiger partial charge in [0.15, 0.2) is 0 Å². The molecule has 2 rings (SSSR count). The van der Waals surface area contributed by atoms with Crippen LogP contribution < -0.4 is 15.4 Å². The number of anilines is 1. The van der Waals surface area contributed by atoms with Crippen LogP contribution in [0.15, 0.2) is 18.3 Å². The van der Waals surface area contributed by atoms with Gasteiger partial charge in [-0.15, -0.1) is 0 Å². The minimum atomic E-state index is -0.192. The van der Waals surface area contributed by atoms with E-state index in [1.54, 1.807) is 25.4 Å². The van der Waals surface area contributed by atoms with Gasteiger partial charge in [0.05, 0.1) is 7.11 Å². The van der Waals surface area contributed by atoms with Crippen molar-refractivity contribution in [3.63, 3.8) is 0 Å². The fourth-order valence-corrected chi connectivity index (χ4v) is 2.19. The standard InChI is InChI=1S/C13H19N3O2/c1-18-11-7-8-14-12(9-11)16-13(17)15-10-5-3-2-4-6-10/h7-10H,2-6H2,1H3,(H2,14,15,16,17). The second-order valence-corrected chi connectivity index (χ2v) is 4.51. The maximum Gasteiger partial charge on any atom is 0.320 e. The molecule has 0 spiro atoms. The van der Waals surface area contributed by atoms with Crippen molar-refractivity contribution in [3.8, 4) is 5.75 Å². The van der Waals surface area contributed by atoms with Gasteiger partial charge in [-0.05, 0) is 18.9 Å². The zero-order valence-electron chi connectivity index (χ0n) is 10.6. The number of hydrogen-bond acceptors (Lipinski definition) is 3. The first-order chi connectivity index (χ1) is 8.78. The Morgan fingerprint density at radius 3 is 2.89 bits per heavy atom. The first-order valence-corrected chi connectivity index (χ1v) is 6.35. The number of ether oxygens (including phenoxy) is 1. The lowest BCUT2D eigenvalue weighted by Crippen LogP contribution is -2.39. The molecule has 0 aliphatic heterocycles. The Morgan fingerprint density at radius 2 is 2.17 bits per heavy atom. The molecule has 0 saturated heterocycles. The second kappa shape index (κ2) is 6.23. The summed E-state index contributed by atoms with van der Waals surface area (Å²) in [5.41, 5.74) is 0. The number of rotatable bonds is 3. The van der Waals surface area contributed by atoms with Crippen LogP contribution >= 0.6 is 0 Å². The summed E-state index contributed by atoms with van der Waals surface area (Å²) < 4.78 is 5.07. The Balaban J connectivity index is 1.85. The van der Waals surface area contributed by atoms with Crippen molar-refractivity contribution >= 4 is 11.8 Å². The number of aromatic nitrogens is 1. The van der Waals surface area contributed by atoms with Crippen LogP contribution in [-0.4, -0.2) is 24.2 Å². The number of nitrogens with zero attached hydrogens (tertiary/aromatic N) is 1. The van der Waals surface area contributed by atoms with E-state index in [1.807, 2.05) is 0 Å². The monoisotopic (exact) mass is 249 g/mol. The minimum absolute atomic E-state index is 0.192. The van der Waals surface area contributed by atoms with Gasteiger partial charge in [0.1, 0.15) is 11.6 Å². The predicted octanol–water partition coefficient (Wildman–Crippen LogP) is 2.54. The van der Waals surface area contributed by atoms with Gasteiger partial charge in [0, 0.05) is 18.3 Å². The Bertz CT molecular complexity index is 403. The molecular formula is C13H19N3O2. The number of amides is 2. The van der Waals surface area contributed by atoms with Crippen LogP contribution in [0.1, 0.15) is 32.1 Å². The second-order valence-electron chi connectivity index (χ2n) is 4.51. The van der Waals surface area contributed by atoms with Gasteiger partial charge in [-0.1, -0.05) is 19.3 Å².